The van der Waals surface area contributed by atoms with E-state index in [0.29, 0.717) is 0 Å². The molecule has 1 heterocycles. The maximum atomic E-state index is 13.4. The molecule has 2 N–H and O–H groups in total. The monoisotopic (exact) mass is 238 g/mol. The van der Waals surface area contributed by atoms with Gasteiger partial charge in [0.25, 0.3) is 5.78 Å². The minimum absolute atomic E-state index is 0.365. The summed E-state index contributed by atoms with van der Waals surface area (Å²) in [5, 5.41) is 19.1. The van der Waals surface area contributed by atoms with Crippen LogP contribution in [0.25, 0.3) is 5.76 Å². The zero-order valence-corrected chi connectivity index (χ0v) is 8.44. The summed E-state index contributed by atoms with van der Waals surface area (Å²) in [5.41, 5.74) is -0.885. The van der Waals surface area contributed by atoms with Crippen LogP contribution in [0.2, 0.25) is 0 Å². The molecule has 0 aromatic heterocycles. The van der Waals surface area contributed by atoms with E-state index in [0.717, 1.165) is 12.1 Å². The lowest BCUT2D eigenvalue weighted by atomic mass is 10.1. The number of aliphatic hydroxyl groups is 1. The first kappa shape index (κ1) is 11.1. The van der Waals surface area contributed by atoms with Gasteiger partial charge >= 0.3 is 5.97 Å². The van der Waals surface area contributed by atoms with Crippen molar-refractivity contribution in [3.63, 3.8) is 0 Å². The number of aromatic hydroxyl groups is 1. The number of phenolic OH excluding ortho intramolecular Hbond substituents is 1. The van der Waals surface area contributed by atoms with Crippen LogP contribution in [0.15, 0.2) is 23.8 Å². The van der Waals surface area contributed by atoms with Crippen molar-refractivity contribution in [2.45, 2.75) is 0 Å². The summed E-state index contributed by atoms with van der Waals surface area (Å²) in [5.74, 6) is -4.35. The van der Waals surface area contributed by atoms with Crippen molar-refractivity contribution in [3.8, 4) is 5.75 Å². The highest BCUT2D eigenvalue weighted by atomic mass is 19.1. The molecule has 0 amide bonds. The number of hydrogen-bond donors (Lipinski definition) is 2. The highest BCUT2D eigenvalue weighted by molar-refractivity contribution is 6.43. The fraction of sp³-hybridized carbons (Fsp3) is 0.0909. The number of ether oxygens (including phenoxy) is 1. The summed E-state index contributed by atoms with van der Waals surface area (Å²) < 4.78 is 17.8. The predicted octanol–water partition coefficient (Wildman–Crippen LogP) is 0.926. The molecule has 0 atom stereocenters. The minimum atomic E-state index is -1.11. The second-order valence-electron chi connectivity index (χ2n) is 3.37. The van der Waals surface area contributed by atoms with Gasteiger partial charge in [-0.15, -0.1) is 0 Å². The first-order valence-corrected chi connectivity index (χ1v) is 4.63. The molecule has 0 bridgehead atoms. The molecule has 88 valence electrons. The fourth-order valence-corrected chi connectivity index (χ4v) is 1.47. The minimum Gasteiger partial charge on any atom is -0.507 e. The number of benzene rings is 1. The molecule has 1 aromatic rings. The van der Waals surface area contributed by atoms with Crippen LogP contribution < -0.4 is 0 Å². The summed E-state index contributed by atoms with van der Waals surface area (Å²) >= 11 is 0. The third kappa shape index (κ3) is 1.73. The second-order valence-corrected chi connectivity index (χ2v) is 3.37. The number of hydrogen-bond acceptors (Lipinski definition) is 5. The van der Waals surface area contributed by atoms with Gasteiger partial charge in [-0.25, -0.2) is 9.18 Å². The Hall–Kier alpha value is -2.37. The van der Waals surface area contributed by atoms with Crippen LogP contribution in [0.1, 0.15) is 5.56 Å². The second kappa shape index (κ2) is 3.89. The van der Waals surface area contributed by atoms with Crippen molar-refractivity contribution >= 4 is 17.5 Å². The number of aliphatic hydroxyl groups excluding tert-OH is 1. The standard InChI is InChI=1S/C11H7FO5/c12-6-2-1-3-7(13)8(6)9(14)5-4-17-11(16)10(5)15/h1-3,13-14H,4H2/b9-5-. The Morgan fingerprint density at radius 3 is 2.59 bits per heavy atom. The van der Waals surface area contributed by atoms with Gasteiger partial charge in [-0.2, -0.15) is 0 Å². The number of phenols is 1. The van der Waals surface area contributed by atoms with E-state index in [1.54, 1.807) is 0 Å². The molecule has 1 aliphatic rings. The van der Waals surface area contributed by atoms with Crippen molar-refractivity contribution in [1.82, 2.24) is 0 Å². The molecular weight excluding hydrogens is 231 g/mol. The molecule has 5 nitrogen and oxygen atoms in total. The van der Waals surface area contributed by atoms with Crippen molar-refractivity contribution in [1.29, 1.82) is 0 Å². The highest BCUT2D eigenvalue weighted by Crippen LogP contribution is 2.29. The van der Waals surface area contributed by atoms with E-state index >= 15 is 0 Å². The quantitative estimate of drug-likeness (QED) is 0.329. The van der Waals surface area contributed by atoms with E-state index in [1.165, 1.54) is 6.07 Å². The number of carbonyl (C=O) groups excluding carboxylic acids is 2. The van der Waals surface area contributed by atoms with Gasteiger partial charge < -0.3 is 14.9 Å². The molecule has 6 heteroatoms. The van der Waals surface area contributed by atoms with E-state index in [9.17, 15) is 24.2 Å². The summed E-state index contributed by atoms with van der Waals surface area (Å²) in [6, 6.07) is 3.40. The number of Topliss-reactive ketones (excluding diaryl/α,β-unsaturated/α-hetero) is 1. The molecule has 0 saturated carbocycles. The SMILES string of the molecule is O=C1OC/C(=C(/O)c2c(O)cccc2F)C1=O. The number of halogens is 1. The molecule has 1 fully saturated rings. The molecule has 0 spiro atoms. The lowest BCUT2D eigenvalue weighted by molar-refractivity contribution is -0.146. The Kier molecular flexibility index (Phi) is 2.55. The lowest BCUT2D eigenvalue weighted by Crippen LogP contribution is -2.08. The number of carbonyl (C=O) groups is 2. The number of ketones is 1. The lowest BCUT2D eigenvalue weighted by Gasteiger charge is -2.06. The van der Waals surface area contributed by atoms with Gasteiger partial charge in [0, 0.05) is 0 Å². The molecule has 0 radical (unpaired) electrons. The normalized spacial score (nSPS) is 18.2. The van der Waals surface area contributed by atoms with Gasteiger partial charge in [0.15, 0.2) is 0 Å². The fourth-order valence-electron chi connectivity index (χ4n) is 1.47. The van der Waals surface area contributed by atoms with Crippen molar-refractivity contribution < 1.29 is 28.9 Å². The number of cyclic esters (lactones) is 1. The Bertz CT molecular complexity index is 527. The molecular formula is C11H7FO5. The number of esters is 1. The Labute approximate surface area is 94.8 Å². The maximum absolute atomic E-state index is 13.4. The van der Waals surface area contributed by atoms with Crippen molar-refractivity contribution in [3.05, 3.63) is 35.2 Å². The zero-order chi connectivity index (χ0) is 12.6. The predicted molar refractivity (Wildman–Crippen MR) is 53.6 cm³/mol. The Morgan fingerprint density at radius 1 is 1.35 bits per heavy atom. The van der Waals surface area contributed by atoms with Gasteiger partial charge in [-0.05, 0) is 12.1 Å². The Balaban J connectivity index is 2.58. The van der Waals surface area contributed by atoms with Gasteiger partial charge in [-0.1, -0.05) is 6.07 Å². The average molecular weight is 238 g/mol. The molecule has 0 aliphatic carbocycles. The largest absolute Gasteiger partial charge is 0.507 e. The van der Waals surface area contributed by atoms with Crippen molar-refractivity contribution in [2.75, 3.05) is 6.61 Å². The van der Waals surface area contributed by atoms with Crippen LogP contribution in [0.5, 0.6) is 5.75 Å². The van der Waals surface area contributed by atoms with E-state index in [1.807, 2.05) is 0 Å². The molecule has 2 rings (SSSR count). The van der Waals surface area contributed by atoms with Crippen LogP contribution in [0, 0.1) is 5.82 Å². The molecule has 1 saturated heterocycles. The van der Waals surface area contributed by atoms with Crippen molar-refractivity contribution in [2.24, 2.45) is 0 Å². The van der Waals surface area contributed by atoms with Gasteiger partial charge in [0.1, 0.15) is 23.9 Å². The van der Waals surface area contributed by atoms with Crippen LogP contribution >= 0.6 is 0 Å². The summed E-state index contributed by atoms with van der Waals surface area (Å²) in [4.78, 5) is 22.1. The van der Waals surface area contributed by atoms with E-state index in [2.05, 4.69) is 4.74 Å². The van der Waals surface area contributed by atoms with Crippen LogP contribution in [-0.2, 0) is 14.3 Å². The van der Waals surface area contributed by atoms with Crippen LogP contribution in [0.3, 0.4) is 0 Å². The van der Waals surface area contributed by atoms with Crippen LogP contribution in [-0.4, -0.2) is 28.6 Å². The first-order chi connectivity index (χ1) is 8.02. The summed E-state index contributed by atoms with van der Waals surface area (Å²) in [7, 11) is 0. The topological polar surface area (TPSA) is 83.8 Å². The van der Waals surface area contributed by atoms with E-state index in [4.69, 9.17) is 0 Å². The molecule has 1 aromatic carbocycles. The molecule has 17 heavy (non-hydrogen) atoms. The third-order valence-electron chi connectivity index (χ3n) is 2.32. The average Bonchev–Trinajstić information content (AvgIpc) is 2.59. The van der Waals surface area contributed by atoms with Gasteiger partial charge in [0.2, 0.25) is 0 Å². The highest BCUT2D eigenvalue weighted by Gasteiger charge is 2.33. The van der Waals surface area contributed by atoms with E-state index in [-0.39, 0.29) is 5.57 Å². The first-order valence-electron chi connectivity index (χ1n) is 4.63. The van der Waals surface area contributed by atoms with Crippen LogP contribution in [0.4, 0.5) is 4.39 Å². The third-order valence-corrected chi connectivity index (χ3v) is 2.32. The number of rotatable bonds is 1. The van der Waals surface area contributed by atoms with Gasteiger partial charge in [-0.3, -0.25) is 4.79 Å². The zero-order valence-electron chi connectivity index (χ0n) is 8.44. The smallest absolute Gasteiger partial charge is 0.379 e. The summed E-state index contributed by atoms with van der Waals surface area (Å²) in [6.45, 7) is -0.433. The Morgan fingerprint density at radius 2 is 2.06 bits per heavy atom. The molecule has 1 aliphatic heterocycles. The van der Waals surface area contributed by atoms with Gasteiger partial charge in [0.05, 0.1) is 11.1 Å². The molecule has 0 unspecified atom stereocenters. The maximum Gasteiger partial charge on any atom is 0.379 e. The summed E-state index contributed by atoms with van der Waals surface area (Å²) in [6.07, 6.45) is 0. The van der Waals surface area contributed by atoms with E-state index < -0.39 is 41.2 Å².